The molecule has 21 heavy (non-hydrogen) atoms. The van der Waals surface area contributed by atoms with Gasteiger partial charge >= 0.3 is 0 Å². The number of sulfone groups is 1. The van der Waals surface area contributed by atoms with E-state index in [1.165, 1.54) is 6.07 Å². The summed E-state index contributed by atoms with van der Waals surface area (Å²) < 4.78 is 37.3. The second-order valence-electron chi connectivity index (χ2n) is 5.58. The summed E-state index contributed by atoms with van der Waals surface area (Å²) in [4.78, 5) is 1.91. The lowest BCUT2D eigenvalue weighted by Crippen LogP contribution is -2.34. The van der Waals surface area contributed by atoms with E-state index in [4.69, 9.17) is 0 Å². The molecule has 2 rings (SSSR count). The lowest BCUT2D eigenvalue weighted by atomic mass is 10.1. The van der Waals surface area contributed by atoms with Crippen LogP contribution >= 0.6 is 0 Å². The molecule has 4 nitrogen and oxygen atoms in total. The van der Waals surface area contributed by atoms with Crippen molar-refractivity contribution < 1.29 is 12.8 Å². The van der Waals surface area contributed by atoms with Crippen molar-refractivity contribution in [1.82, 2.24) is 5.32 Å². The van der Waals surface area contributed by atoms with Gasteiger partial charge in [0.1, 0.15) is 5.82 Å². The fourth-order valence-corrected chi connectivity index (χ4v) is 4.49. The van der Waals surface area contributed by atoms with Gasteiger partial charge in [-0.05, 0) is 31.5 Å². The number of nitrogens with one attached hydrogen (secondary N) is 1. The molecule has 0 saturated carbocycles. The van der Waals surface area contributed by atoms with Gasteiger partial charge in [-0.3, -0.25) is 0 Å². The SMILES string of the molecule is CCCNCc1c(F)cccc1N(C)C1CCS(=O)(=O)C1. The third-order valence-corrected chi connectivity index (χ3v) is 5.71. The van der Waals surface area contributed by atoms with Crippen molar-refractivity contribution in [2.24, 2.45) is 0 Å². The van der Waals surface area contributed by atoms with Crippen LogP contribution < -0.4 is 10.2 Å². The van der Waals surface area contributed by atoms with E-state index in [1.807, 2.05) is 18.0 Å². The first-order valence-electron chi connectivity index (χ1n) is 7.36. The van der Waals surface area contributed by atoms with E-state index in [9.17, 15) is 12.8 Å². The Hall–Kier alpha value is -1.14. The van der Waals surface area contributed by atoms with Crippen LogP contribution in [0.2, 0.25) is 0 Å². The minimum Gasteiger partial charge on any atom is -0.370 e. The highest BCUT2D eigenvalue weighted by Crippen LogP contribution is 2.27. The van der Waals surface area contributed by atoms with Crippen LogP contribution in [0.4, 0.5) is 10.1 Å². The van der Waals surface area contributed by atoms with Crippen molar-refractivity contribution in [3.05, 3.63) is 29.6 Å². The first kappa shape index (κ1) is 16.2. The highest BCUT2D eigenvalue weighted by Gasteiger charge is 2.31. The normalized spacial score (nSPS) is 20.6. The van der Waals surface area contributed by atoms with Crippen molar-refractivity contribution in [2.45, 2.75) is 32.4 Å². The molecule has 1 heterocycles. The maximum absolute atomic E-state index is 14.1. The number of hydrogen-bond acceptors (Lipinski definition) is 4. The van der Waals surface area contributed by atoms with Crippen molar-refractivity contribution >= 4 is 15.5 Å². The number of nitrogens with zero attached hydrogens (tertiary/aromatic N) is 1. The second-order valence-corrected chi connectivity index (χ2v) is 7.81. The number of halogens is 1. The molecule has 1 aliphatic rings. The van der Waals surface area contributed by atoms with Gasteiger partial charge in [0.05, 0.1) is 11.5 Å². The van der Waals surface area contributed by atoms with Crippen LogP contribution in [0, 0.1) is 5.82 Å². The summed E-state index contributed by atoms with van der Waals surface area (Å²) in [6, 6.07) is 4.91. The minimum atomic E-state index is -2.94. The molecule has 1 saturated heterocycles. The Morgan fingerprint density at radius 3 is 2.81 bits per heavy atom. The zero-order valence-corrected chi connectivity index (χ0v) is 13.4. The lowest BCUT2D eigenvalue weighted by molar-refractivity contribution is 0.582. The molecule has 0 radical (unpaired) electrons. The molecule has 1 fully saturated rings. The Kier molecular flexibility index (Phi) is 5.22. The predicted molar refractivity (Wildman–Crippen MR) is 83.9 cm³/mol. The summed E-state index contributed by atoms with van der Waals surface area (Å²) in [6.45, 7) is 3.35. The Morgan fingerprint density at radius 2 is 2.19 bits per heavy atom. The molecule has 0 aromatic heterocycles. The maximum atomic E-state index is 14.1. The van der Waals surface area contributed by atoms with Crippen LogP contribution in [0.5, 0.6) is 0 Å². The number of benzene rings is 1. The van der Waals surface area contributed by atoms with E-state index in [1.54, 1.807) is 6.07 Å². The standard InChI is InChI=1S/C15H23FN2O2S/c1-3-8-17-10-13-14(16)5-4-6-15(13)18(2)12-7-9-21(19,20)11-12/h4-6,12,17H,3,7-11H2,1-2H3. The molecule has 1 unspecified atom stereocenters. The topological polar surface area (TPSA) is 49.4 Å². The summed E-state index contributed by atoms with van der Waals surface area (Å²) in [7, 11) is -1.09. The fourth-order valence-electron chi connectivity index (χ4n) is 2.72. The summed E-state index contributed by atoms with van der Waals surface area (Å²) in [6.07, 6.45) is 1.59. The smallest absolute Gasteiger partial charge is 0.152 e. The third kappa shape index (κ3) is 3.95. The molecule has 1 aliphatic heterocycles. The molecule has 0 aliphatic carbocycles. The molecular formula is C15H23FN2O2S. The Bertz CT molecular complexity index is 589. The van der Waals surface area contributed by atoms with Crippen LogP contribution in [-0.2, 0) is 16.4 Å². The molecule has 1 aromatic carbocycles. The van der Waals surface area contributed by atoms with Gasteiger partial charge in [-0.1, -0.05) is 13.0 Å². The minimum absolute atomic E-state index is 0.0678. The number of hydrogen-bond donors (Lipinski definition) is 1. The van der Waals surface area contributed by atoms with Crippen molar-refractivity contribution in [3.63, 3.8) is 0 Å². The molecular weight excluding hydrogens is 291 g/mol. The van der Waals surface area contributed by atoms with E-state index in [-0.39, 0.29) is 23.4 Å². The summed E-state index contributed by atoms with van der Waals surface area (Å²) >= 11 is 0. The second kappa shape index (κ2) is 6.75. The molecule has 6 heteroatoms. The Balaban J connectivity index is 2.20. The van der Waals surface area contributed by atoms with Crippen molar-refractivity contribution in [2.75, 3.05) is 30.0 Å². The van der Waals surface area contributed by atoms with Crippen molar-refractivity contribution in [3.8, 4) is 0 Å². The average Bonchev–Trinajstić information content (AvgIpc) is 2.80. The van der Waals surface area contributed by atoms with Crippen molar-refractivity contribution in [1.29, 1.82) is 0 Å². The molecule has 0 bridgehead atoms. The number of rotatable bonds is 6. The fraction of sp³-hybridized carbons (Fsp3) is 0.600. The molecule has 0 spiro atoms. The first-order chi connectivity index (χ1) is 9.94. The zero-order valence-electron chi connectivity index (χ0n) is 12.6. The third-order valence-electron chi connectivity index (χ3n) is 3.96. The Labute approximate surface area is 126 Å². The maximum Gasteiger partial charge on any atom is 0.152 e. The van der Waals surface area contributed by atoms with Gasteiger partial charge in [-0.2, -0.15) is 0 Å². The molecule has 1 atom stereocenters. The van der Waals surface area contributed by atoms with Crippen LogP contribution in [-0.4, -0.2) is 39.6 Å². The highest BCUT2D eigenvalue weighted by molar-refractivity contribution is 7.91. The van der Waals surface area contributed by atoms with Crippen LogP contribution in [0.15, 0.2) is 18.2 Å². The van der Waals surface area contributed by atoms with Crippen LogP contribution in [0.3, 0.4) is 0 Å². The van der Waals surface area contributed by atoms with Crippen LogP contribution in [0.25, 0.3) is 0 Å². The average molecular weight is 314 g/mol. The van der Waals surface area contributed by atoms with Gasteiger partial charge in [-0.15, -0.1) is 0 Å². The summed E-state index contributed by atoms with van der Waals surface area (Å²) in [5.74, 6) is 0.131. The van der Waals surface area contributed by atoms with E-state index in [0.29, 0.717) is 18.5 Å². The molecule has 0 amide bonds. The van der Waals surface area contributed by atoms with Crippen LogP contribution in [0.1, 0.15) is 25.3 Å². The number of anilines is 1. The molecule has 1 aromatic rings. The highest BCUT2D eigenvalue weighted by atomic mass is 32.2. The van der Waals surface area contributed by atoms with E-state index in [2.05, 4.69) is 12.2 Å². The van der Waals surface area contributed by atoms with E-state index < -0.39 is 9.84 Å². The van der Waals surface area contributed by atoms with Gasteiger partial charge in [0.25, 0.3) is 0 Å². The van der Waals surface area contributed by atoms with Gasteiger partial charge in [0.2, 0.25) is 0 Å². The summed E-state index contributed by atoms with van der Waals surface area (Å²) in [5.41, 5.74) is 1.39. The van der Waals surface area contributed by atoms with Gasteiger partial charge in [0, 0.05) is 30.9 Å². The Morgan fingerprint density at radius 1 is 1.43 bits per heavy atom. The van der Waals surface area contributed by atoms with E-state index in [0.717, 1.165) is 18.7 Å². The molecule has 118 valence electrons. The summed E-state index contributed by atoms with van der Waals surface area (Å²) in [5, 5.41) is 3.21. The van der Waals surface area contributed by atoms with Gasteiger partial charge in [-0.25, -0.2) is 12.8 Å². The first-order valence-corrected chi connectivity index (χ1v) is 9.18. The largest absolute Gasteiger partial charge is 0.370 e. The van der Waals surface area contributed by atoms with Gasteiger partial charge in [0.15, 0.2) is 9.84 Å². The molecule has 1 N–H and O–H groups in total. The van der Waals surface area contributed by atoms with Gasteiger partial charge < -0.3 is 10.2 Å². The monoisotopic (exact) mass is 314 g/mol. The van der Waals surface area contributed by atoms with E-state index >= 15 is 0 Å². The quantitative estimate of drug-likeness (QED) is 0.816. The lowest BCUT2D eigenvalue weighted by Gasteiger charge is -2.28. The predicted octanol–water partition coefficient (Wildman–Crippen LogP) is 1.95. The zero-order chi connectivity index (χ0) is 15.5.